The lowest BCUT2D eigenvalue weighted by atomic mass is 9.79. The van der Waals surface area contributed by atoms with Gasteiger partial charge in [0.2, 0.25) is 0 Å². The zero-order valence-electron chi connectivity index (χ0n) is 14.6. The van der Waals surface area contributed by atoms with Crippen LogP contribution in [0.3, 0.4) is 0 Å². The van der Waals surface area contributed by atoms with Gasteiger partial charge in [-0.1, -0.05) is 0 Å². The molecule has 0 spiro atoms. The fourth-order valence-corrected chi connectivity index (χ4v) is 3.16. The number of hydrogen-bond acceptors (Lipinski definition) is 4. The maximum atomic E-state index is 12.2. The summed E-state index contributed by atoms with van der Waals surface area (Å²) in [5.74, 6) is 0. The number of methoxy groups -OCH3 is 1. The van der Waals surface area contributed by atoms with E-state index in [-0.39, 0.29) is 11.7 Å². The van der Waals surface area contributed by atoms with Crippen LogP contribution < -0.4 is 5.32 Å². The molecule has 5 heteroatoms. The standard InChI is InChI=1S/C17H32N2O3/c1-16(2,3)22-15(20)19-11-5-7-14(8-12-19)18-13-17(21-4)9-6-10-17/h14,18H,5-13H2,1-4H3. The van der Waals surface area contributed by atoms with Crippen LogP contribution in [0.25, 0.3) is 0 Å². The molecule has 2 rings (SSSR count). The Morgan fingerprint density at radius 1 is 1.23 bits per heavy atom. The molecule has 0 radical (unpaired) electrons. The molecule has 1 aliphatic carbocycles. The van der Waals surface area contributed by atoms with E-state index in [9.17, 15) is 4.79 Å². The first-order chi connectivity index (χ1) is 10.3. The SMILES string of the molecule is COC1(CNC2CCCN(C(=O)OC(C)(C)C)CC2)CCC1. The highest BCUT2D eigenvalue weighted by molar-refractivity contribution is 5.68. The summed E-state index contributed by atoms with van der Waals surface area (Å²) in [6, 6.07) is 0.472. The Bertz CT molecular complexity index is 369. The van der Waals surface area contributed by atoms with Crippen LogP contribution in [0.5, 0.6) is 0 Å². The smallest absolute Gasteiger partial charge is 0.410 e. The largest absolute Gasteiger partial charge is 0.444 e. The fraction of sp³-hybridized carbons (Fsp3) is 0.941. The lowest BCUT2D eigenvalue weighted by molar-refractivity contribution is -0.0710. The summed E-state index contributed by atoms with van der Waals surface area (Å²) in [6.45, 7) is 8.23. The molecule has 1 aliphatic heterocycles. The van der Waals surface area contributed by atoms with E-state index >= 15 is 0 Å². The lowest BCUT2D eigenvalue weighted by Gasteiger charge is -2.41. The number of hydrogen-bond donors (Lipinski definition) is 1. The molecule has 1 N–H and O–H groups in total. The molecule has 1 saturated carbocycles. The highest BCUT2D eigenvalue weighted by Gasteiger charge is 2.37. The quantitative estimate of drug-likeness (QED) is 0.867. The van der Waals surface area contributed by atoms with Crippen molar-refractivity contribution in [2.75, 3.05) is 26.7 Å². The van der Waals surface area contributed by atoms with Crippen LogP contribution in [0.4, 0.5) is 4.79 Å². The first-order valence-corrected chi connectivity index (χ1v) is 8.60. The van der Waals surface area contributed by atoms with Gasteiger partial charge in [-0.2, -0.15) is 0 Å². The summed E-state index contributed by atoms with van der Waals surface area (Å²) in [7, 11) is 1.82. The van der Waals surface area contributed by atoms with Crippen LogP contribution in [0.15, 0.2) is 0 Å². The zero-order chi connectivity index (χ0) is 16.2. The Hall–Kier alpha value is -0.810. The number of ether oxygens (including phenoxy) is 2. The summed E-state index contributed by atoms with van der Waals surface area (Å²) in [4.78, 5) is 14.0. The van der Waals surface area contributed by atoms with Gasteiger partial charge in [-0.05, 0) is 59.3 Å². The van der Waals surface area contributed by atoms with Gasteiger partial charge >= 0.3 is 6.09 Å². The second-order valence-electron chi connectivity index (χ2n) is 7.72. The molecule has 0 bridgehead atoms. The molecular formula is C17H32N2O3. The zero-order valence-corrected chi connectivity index (χ0v) is 14.6. The van der Waals surface area contributed by atoms with Crippen molar-refractivity contribution in [1.82, 2.24) is 10.2 Å². The van der Waals surface area contributed by atoms with E-state index in [1.807, 2.05) is 32.8 Å². The normalized spacial score (nSPS) is 25.3. The van der Waals surface area contributed by atoms with Crippen molar-refractivity contribution in [3.05, 3.63) is 0 Å². The predicted octanol–water partition coefficient (Wildman–Crippen LogP) is 2.93. The second-order valence-corrected chi connectivity index (χ2v) is 7.72. The molecular weight excluding hydrogens is 280 g/mol. The first kappa shape index (κ1) is 17.5. The van der Waals surface area contributed by atoms with Gasteiger partial charge in [0.25, 0.3) is 0 Å². The summed E-state index contributed by atoms with van der Waals surface area (Å²) in [5, 5.41) is 3.66. The molecule has 1 atom stereocenters. The minimum Gasteiger partial charge on any atom is -0.444 e. The number of nitrogens with zero attached hydrogens (tertiary/aromatic N) is 1. The van der Waals surface area contributed by atoms with Crippen molar-refractivity contribution < 1.29 is 14.3 Å². The fourth-order valence-electron chi connectivity index (χ4n) is 3.16. The summed E-state index contributed by atoms with van der Waals surface area (Å²) in [6.07, 6.45) is 6.53. The molecule has 0 aromatic carbocycles. The van der Waals surface area contributed by atoms with E-state index in [1.54, 1.807) is 0 Å². The summed E-state index contributed by atoms with van der Waals surface area (Å²) < 4.78 is 11.1. The molecule has 128 valence electrons. The van der Waals surface area contributed by atoms with Gasteiger partial charge in [0.1, 0.15) is 5.60 Å². The second kappa shape index (κ2) is 7.18. The highest BCUT2D eigenvalue weighted by atomic mass is 16.6. The summed E-state index contributed by atoms with van der Waals surface area (Å²) >= 11 is 0. The van der Waals surface area contributed by atoms with Crippen LogP contribution in [0.2, 0.25) is 0 Å². The van der Waals surface area contributed by atoms with Gasteiger partial charge in [0.15, 0.2) is 0 Å². The molecule has 0 aromatic rings. The van der Waals surface area contributed by atoms with Crippen molar-refractivity contribution in [2.24, 2.45) is 0 Å². The van der Waals surface area contributed by atoms with E-state index in [4.69, 9.17) is 9.47 Å². The van der Waals surface area contributed by atoms with Crippen molar-refractivity contribution in [3.8, 4) is 0 Å². The van der Waals surface area contributed by atoms with Crippen LogP contribution >= 0.6 is 0 Å². The van der Waals surface area contributed by atoms with Gasteiger partial charge in [-0.25, -0.2) is 4.79 Å². The molecule has 2 fully saturated rings. The number of carbonyl (C=O) groups excluding carboxylic acids is 1. The molecule has 22 heavy (non-hydrogen) atoms. The van der Waals surface area contributed by atoms with Gasteiger partial charge in [0, 0.05) is 32.8 Å². The minimum absolute atomic E-state index is 0.0666. The van der Waals surface area contributed by atoms with Crippen LogP contribution in [-0.2, 0) is 9.47 Å². The molecule has 0 aromatic heterocycles. The average molecular weight is 312 g/mol. The van der Waals surface area contributed by atoms with Crippen LogP contribution in [-0.4, -0.2) is 55.0 Å². The third kappa shape index (κ3) is 4.85. The number of amides is 1. The van der Waals surface area contributed by atoms with Gasteiger partial charge in [-0.3, -0.25) is 0 Å². The Labute approximate surface area is 134 Å². The van der Waals surface area contributed by atoms with E-state index in [1.165, 1.54) is 6.42 Å². The van der Waals surface area contributed by atoms with Gasteiger partial charge < -0.3 is 19.7 Å². The molecule has 2 aliphatic rings. The summed E-state index contributed by atoms with van der Waals surface area (Å²) in [5.41, 5.74) is -0.354. The van der Waals surface area contributed by atoms with Gasteiger partial charge in [0.05, 0.1) is 5.60 Å². The monoisotopic (exact) mass is 312 g/mol. The average Bonchev–Trinajstić information content (AvgIpc) is 2.61. The topological polar surface area (TPSA) is 50.8 Å². The Kier molecular flexibility index (Phi) is 5.72. The molecule has 1 unspecified atom stereocenters. The van der Waals surface area contributed by atoms with E-state index in [0.717, 1.165) is 51.7 Å². The van der Waals surface area contributed by atoms with Crippen molar-refractivity contribution in [1.29, 1.82) is 0 Å². The highest BCUT2D eigenvalue weighted by Crippen LogP contribution is 2.34. The number of likely N-dealkylation sites (tertiary alicyclic amines) is 1. The number of rotatable bonds is 4. The molecule has 1 saturated heterocycles. The molecule has 1 heterocycles. The lowest BCUT2D eigenvalue weighted by Crippen LogP contribution is -2.50. The van der Waals surface area contributed by atoms with E-state index < -0.39 is 5.60 Å². The Balaban J connectivity index is 1.76. The Morgan fingerprint density at radius 3 is 2.50 bits per heavy atom. The first-order valence-electron chi connectivity index (χ1n) is 8.60. The van der Waals surface area contributed by atoms with Crippen molar-refractivity contribution >= 4 is 6.09 Å². The van der Waals surface area contributed by atoms with Crippen molar-refractivity contribution in [2.45, 2.75) is 76.5 Å². The molecule has 1 amide bonds. The maximum Gasteiger partial charge on any atom is 0.410 e. The van der Waals surface area contributed by atoms with Crippen molar-refractivity contribution in [3.63, 3.8) is 0 Å². The molecule has 5 nitrogen and oxygen atoms in total. The number of nitrogens with one attached hydrogen (secondary N) is 1. The van der Waals surface area contributed by atoms with Crippen LogP contribution in [0.1, 0.15) is 59.3 Å². The van der Waals surface area contributed by atoms with E-state index in [2.05, 4.69) is 5.32 Å². The van der Waals surface area contributed by atoms with Gasteiger partial charge in [-0.15, -0.1) is 0 Å². The third-order valence-corrected chi connectivity index (χ3v) is 4.79. The minimum atomic E-state index is -0.421. The predicted molar refractivity (Wildman–Crippen MR) is 87.0 cm³/mol. The Morgan fingerprint density at radius 2 is 1.95 bits per heavy atom. The maximum absolute atomic E-state index is 12.2. The van der Waals surface area contributed by atoms with E-state index in [0.29, 0.717) is 6.04 Å². The number of carbonyl (C=O) groups is 1. The third-order valence-electron chi connectivity index (χ3n) is 4.79. The van der Waals surface area contributed by atoms with Crippen LogP contribution in [0, 0.1) is 0 Å².